The fourth-order valence-corrected chi connectivity index (χ4v) is 2.51. The molecule has 0 N–H and O–H groups in total. The molecule has 0 saturated heterocycles. The van der Waals surface area contributed by atoms with Gasteiger partial charge in [-0.05, 0) is 48.0 Å². The summed E-state index contributed by atoms with van der Waals surface area (Å²) in [4.78, 5) is 38.9. The van der Waals surface area contributed by atoms with E-state index in [2.05, 4.69) is 4.99 Å². The van der Waals surface area contributed by atoms with E-state index in [0.717, 1.165) is 0 Å². The molecule has 2 aromatic rings. The summed E-state index contributed by atoms with van der Waals surface area (Å²) in [6.07, 6.45) is 1.48. The highest BCUT2D eigenvalue weighted by Crippen LogP contribution is 2.30. The highest BCUT2D eigenvalue weighted by Gasteiger charge is 2.24. The third-order valence-corrected chi connectivity index (χ3v) is 3.74. The smallest absolute Gasteiger partial charge is 0.363 e. The van der Waals surface area contributed by atoms with Crippen LogP contribution in [0.3, 0.4) is 0 Å². The Labute approximate surface area is 166 Å². The van der Waals surface area contributed by atoms with Crippen molar-refractivity contribution in [2.24, 2.45) is 4.99 Å². The number of nitrogens with zero attached hydrogens (tertiary/aromatic N) is 1. The first-order chi connectivity index (χ1) is 13.9. The number of hydrogen-bond acceptors (Lipinski definition) is 8. The number of benzene rings is 2. The molecular weight excluding hydrogens is 378 g/mol. The Morgan fingerprint density at radius 1 is 0.966 bits per heavy atom. The molecule has 8 nitrogen and oxygen atoms in total. The van der Waals surface area contributed by atoms with Crippen molar-refractivity contribution in [3.8, 4) is 17.2 Å². The second kappa shape index (κ2) is 8.39. The maximum atomic E-state index is 12.2. The van der Waals surface area contributed by atoms with Crippen LogP contribution in [0.5, 0.6) is 17.2 Å². The van der Waals surface area contributed by atoms with Gasteiger partial charge in [0.15, 0.2) is 17.2 Å². The highest BCUT2D eigenvalue weighted by atomic mass is 16.6. The van der Waals surface area contributed by atoms with E-state index in [1.165, 1.54) is 32.1 Å². The fourth-order valence-electron chi connectivity index (χ4n) is 2.51. The van der Waals surface area contributed by atoms with E-state index in [-0.39, 0.29) is 23.1 Å². The molecule has 0 radical (unpaired) electrons. The van der Waals surface area contributed by atoms with Crippen LogP contribution in [0.4, 0.5) is 0 Å². The standard InChI is InChI=1S/C21H17NO7/c1-12(23)27-18-9-4-14(11-19(18)28-13(2)24)10-17-21(25)29-20(22-17)15-5-7-16(26-3)8-6-15/h4-11H,1-3H3/b17-10-. The van der Waals surface area contributed by atoms with E-state index < -0.39 is 17.9 Å². The zero-order chi connectivity index (χ0) is 21.0. The van der Waals surface area contributed by atoms with Crippen LogP contribution in [-0.4, -0.2) is 30.9 Å². The third-order valence-electron chi connectivity index (χ3n) is 3.74. The Bertz CT molecular complexity index is 1040. The molecule has 1 aliphatic heterocycles. The second-order valence-corrected chi connectivity index (χ2v) is 5.96. The molecule has 0 aliphatic carbocycles. The predicted octanol–water partition coefficient (Wildman–Crippen LogP) is 2.89. The number of carbonyl (C=O) groups excluding carboxylic acids is 3. The van der Waals surface area contributed by atoms with E-state index in [4.69, 9.17) is 18.9 Å². The van der Waals surface area contributed by atoms with Gasteiger partial charge in [0.1, 0.15) is 5.75 Å². The minimum atomic E-state index is -0.617. The van der Waals surface area contributed by atoms with Crippen molar-refractivity contribution in [3.63, 3.8) is 0 Å². The van der Waals surface area contributed by atoms with Crippen molar-refractivity contribution < 1.29 is 33.3 Å². The normalized spacial score (nSPS) is 14.2. The lowest BCUT2D eigenvalue weighted by atomic mass is 10.1. The van der Waals surface area contributed by atoms with Crippen LogP contribution in [0.25, 0.3) is 6.08 Å². The predicted molar refractivity (Wildman–Crippen MR) is 103 cm³/mol. The van der Waals surface area contributed by atoms with Crippen LogP contribution in [0.2, 0.25) is 0 Å². The summed E-state index contributed by atoms with van der Waals surface area (Å²) in [7, 11) is 1.56. The topological polar surface area (TPSA) is 100 Å². The van der Waals surface area contributed by atoms with Gasteiger partial charge in [-0.2, -0.15) is 0 Å². The van der Waals surface area contributed by atoms with Crippen molar-refractivity contribution in [1.82, 2.24) is 0 Å². The van der Waals surface area contributed by atoms with Crippen LogP contribution in [-0.2, 0) is 19.1 Å². The van der Waals surface area contributed by atoms with Crippen molar-refractivity contribution in [3.05, 3.63) is 59.3 Å². The molecule has 0 aromatic heterocycles. The molecule has 0 fully saturated rings. The number of carbonyl (C=O) groups is 3. The van der Waals surface area contributed by atoms with Gasteiger partial charge in [0.05, 0.1) is 7.11 Å². The first-order valence-corrected chi connectivity index (χ1v) is 8.53. The SMILES string of the molecule is COc1ccc(C2=N/C(=C\c3ccc(OC(C)=O)c(OC(C)=O)c3)C(=O)O2)cc1. The number of aliphatic imine (C=N–C) groups is 1. The largest absolute Gasteiger partial charge is 0.497 e. The summed E-state index contributed by atoms with van der Waals surface area (Å²) >= 11 is 0. The molecule has 0 unspecified atom stereocenters. The molecule has 29 heavy (non-hydrogen) atoms. The minimum absolute atomic E-state index is 0.0489. The molecule has 2 aromatic carbocycles. The van der Waals surface area contributed by atoms with E-state index >= 15 is 0 Å². The monoisotopic (exact) mass is 395 g/mol. The van der Waals surface area contributed by atoms with Crippen molar-refractivity contribution in [1.29, 1.82) is 0 Å². The first kappa shape index (κ1) is 19.8. The summed E-state index contributed by atoms with van der Waals surface area (Å²) in [5, 5.41) is 0. The van der Waals surface area contributed by atoms with Crippen molar-refractivity contribution in [2.45, 2.75) is 13.8 Å². The summed E-state index contributed by atoms with van der Waals surface area (Å²) in [6, 6.07) is 11.4. The Morgan fingerprint density at radius 2 is 1.62 bits per heavy atom. The van der Waals surface area contributed by atoms with Crippen molar-refractivity contribution in [2.75, 3.05) is 7.11 Å². The zero-order valence-electron chi connectivity index (χ0n) is 15.9. The van der Waals surface area contributed by atoms with Gasteiger partial charge in [0.2, 0.25) is 5.90 Å². The Kier molecular flexibility index (Phi) is 5.73. The van der Waals surface area contributed by atoms with Crippen LogP contribution < -0.4 is 14.2 Å². The van der Waals surface area contributed by atoms with E-state index in [1.54, 1.807) is 37.4 Å². The summed E-state index contributed by atoms with van der Waals surface area (Å²) in [5.74, 6) is -0.783. The van der Waals surface area contributed by atoms with E-state index in [0.29, 0.717) is 16.9 Å². The Hall–Kier alpha value is -3.94. The molecule has 148 valence electrons. The fraction of sp³-hybridized carbons (Fsp3) is 0.143. The van der Waals surface area contributed by atoms with Crippen LogP contribution in [0.15, 0.2) is 53.2 Å². The summed E-state index contributed by atoms with van der Waals surface area (Å²) < 4.78 is 20.4. The quantitative estimate of drug-likeness (QED) is 0.436. The van der Waals surface area contributed by atoms with Gasteiger partial charge in [0, 0.05) is 19.4 Å². The first-order valence-electron chi connectivity index (χ1n) is 8.53. The average Bonchev–Trinajstić information content (AvgIpc) is 3.03. The van der Waals surface area contributed by atoms with Crippen LogP contribution in [0, 0.1) is 0 Å². The molecule has 3 rings (SSSR count). The van der Waals surface area contributed by atoms with Crippen molar-refractivity contribution >= 4 is 29.9 Å². The molecule has 0 saturated carbocycles. The second-order valence-electron chi connectivity index (χ2n) is 5.96. The van der Waals surface area contributed by atoms with Gasteiger partial charge < -0.3 is 18.9 Å². The van der Waals surface area contributed by atoms with Gasteiger partial charge in [-0.3, -0.25) is 9.59 Å². The van der Waals surface area contributed by atoms with Gasteiger partial charge in [-0.15, -0.1) is 0 Å². The number of methoxy groups -OCH3 is 1. The zero-order valence-corrected chi connectivity index (χ0v) is 15.9. The summed E-state index contributed by atoms with van der Waals surface area (Å²) in [6.45, 7) is 2.46. The Balaban J connectivity index is 1.91. The molecule has 1 aliphatic rings. The highest BCUT2D eigenvalue weighted by molar-refractivity contribution is 6.12. The molecule has 0 bridgehead atoms. The van der Waals surface area contributed by atoms with E-state index in [9.17, 15) is 14.4 Å². The van der Waals surface area contributed by atoms with Gasteiger partial charge in [0.25, 0.3) is 0 Å². The van der Waals surface area contributed by atoms with Gasteiger partial charge in [-0.25, -0.2) is 9.79 Å². The lowest BCUT2D eigenvalue weighted by molar-refractivity contribution is -0.134. The molecular formula is C21H17NO7. The molecule has 1 heterocycles. The summed E-state index contributed by atoms with van der Waals surface area (Å²) in [5.41, 5.74) is 1.20. The van der Waals surface area contributed by atoms with Crippen LogP contribution in [0.1, 0.15) is 25.0 Å². The maximum Gasteiger partial charge on any atom is 0.363 e. The molecule has 0 atom stereocenters. The van der Waals surface area contributed by atoms with E-state index in [1.807, 2.05) is 0 Å². The molecule has 8 heteroatoms. The lowest BCUT2D eigenvalue weighted by Gasteiger charge is -2.09. The number of rotatable bonds is 5. The number of hydrogen-bond donors (Lipinski definition) is 0. The Morgan fingerprint density at radius 3 is 2.24 bits per heavy atom. The number of esters is 3. The van der Waals surface area contributed by atoms with Gasteiger partial charge in [-0.1, -0.05) is 6.07 Å². The minimum Gasteiger partial charge on any atom is -0.497 e. The molecule has 0 spiro atoms. The number of cyclic esters (lactones) is 1. The van der Waals surface area contributed by atoms with Crippen LogP contribution >= 0.6 is 0 Å². The lowest BCUT2D eigenvalue weighted by Crippen LogP contribution is -2.07. The molecule has 0 amide bonds. The number of ether oxygens (including phenoxy) is 4. The third kappa shape index (κ3) is 4.86. The van der Waals surface area contributed by atoms with Gasteiger partial charge >= 0.3 is 17.9 Å². The average molecular weight is 395 g/mol. The maximum absolute atomic E-state index is 12.2.